The fourth-order valence-electron chi connectivity index (χ4n) is 5.86. The first-order valence-electron chi connectivity index (χ1n) is 11.7. The summed E-state index contributed by atoms with van der Waals surface area (Å²) < 4.78 is 10.9. The Morgan fingerprint density at radius 2 is 1.71 bits per heavy atom. The van der Waals surface area contributed by atoms with Gasteiger partial charge < -0.3 is 24.8 Å². The first-order chi connectivity index (χ1) is 16.5. The van der Waals surface area contributed by atoms with E-state index in [0.717, 1.165) is 28.7 Å². The summed E-state index contributed by atoms with van der Waals surface area (Å²) >= 11 is 0. The average Bonchev–Trinajstić information content (AvgIpc) is 3.52. The number of nitrogens with zero attached hydrogens (tertiary/aromatic N) is 1. The molecule has 0 saturated carbocycles. The van der Waals surface area contributed by atoms with Gasteiger partial charge in [-0.2, -0.15) is 0 Å². The van der Waals surface area contributed by atoms with Crippen LogP contribution < -0.4 is 5.32 Å². The van der Waals surface area contributed by atoms with Crippen molar-refractivity contribution < 1.29 is 29.0 Å². The third-order valence-corrected chi connectivity index (χ3v) is 7.44. The predicted octanol–water partition coefficient (Wildman–Crippen LogP) is 3.00. The molecule has 8 heteroatoms. The number of rotatable bonds is 7. The Kier molecular flexibility index (Phi) is 6.00. The van der Waals surface area contributed by atoms with Gasteiger partial charge in [0.2, 0.25) is 0 Å². The van der Waals surface area contributed by atoms with E-state index in [4.69, 9.17) is 9.47 Å². The Labute approximate surface area is 197 Å². The molecule has 2 aliphatic heterocycles. The maximum atomic E-state index is 13.1. The van der Waals surface area contributed by atoms with Gasteiger partial charge in [-0.1, -0.05) is 48.5 Å². The van der Waals surface area contributed by atoms with Crippen molar-refractivity contribution >= 4 is 18.0 Å². The molecular formula is C26H28N2O6. The lowest BCUT2D eigenvalue weighted by Crippen LogP contribution is -2.48. The number of carbonyl (C=O) groups is 3. The van der Waals surface area contributed by atoms with Crippen LogP contribution in [0.4, 0.5) is 4.79 Å². The van der Waals surface area contributed by atoms with Crippen LogP contribution in [-0.4, -0.2) is 66.4 Å². The first-order valence-corrected chi connectivity index (χ1v) is 11.7. The topological polar surface area (TPSA) is 105 Å². The smallest absolute Gasteiger partial charge is 0.407 e. The fourth-order valence-corrected chi connectivity index (χ4v) is 5.86. The van der Waals surface area contributed by atoms with Crippen molar-refractivity contribution in [1.29, 1.82) is 0 Å². The summed E-state index contributed by atoms with van der Waals surface area (Å²) in [5, 5.41) is 12.1. The zero-order valence-corrected chi connectivity index (χ0v) is 19.0. The molecule has 1 unspecified atom stereocenters. The van der Waals surface area contributed by atoms with Crippen molar-refractivity contribution in [3.63, 3.8) is 0 Å². The van der Waals surface area contributed by atoms with E-state index in [1.54, 1.807) is 4.90 Å². The normalized spacial score (nSPS) is 23.3. The molecule has 4 atom stereocenters. The second-order valence-electron chi connectivity index (χ2n) is 9.16. The van der Waals surface area contributed by atoms with Gasteiger partial charge >= 0.3 is 12.1 Å². The van der Waals surface area contributed by atoms with Gasteiger partial charge in [0.15, 0.2) is 6.10 Å². The summed E-state index contributed by atoms with van der Waals surface area (Å²) in [4.78, 5) is 38.7. The van der Waals surface area contributed by atoms with Gasteiger partial charge in [-0.25, -0.2) is 4.79 Å². The zero-order chi connectivity index (χ0) is 23.8. The zero-order valence-electron chi connectivity index (χ0n) is 19.0. The van der Waals surface area contributed by atoms with Gasteiger partial charge in [0.25, 0.3) is 5.91 Å². The Bertz CT molecular complexity index is 1070. The number of alkyl carbamates (subject to hydrolysis) is 1. The number of hydrogen-bond acceptors (Lipinski definition) is 5. The van der Waals surface area contributed by atoms with E-state index in [9.17, 15) is 19.5 Å². The summed E-state index contributed by atoms with van der Waals surface area (Å²) in [6, 6.07) is 15.8. The minimum absolute atomic E-state index is 0.0420. The maximum Gasteiger partial charge on any atom is 0.407 e. The van der Waals surface area contributed by atoms with E-state index in [2.05, 4.69) is 29.6 Å². The average molecular weight is 465 g/mol. The van der Waals surface area contributed by atoms with Crippen LogP contribution in [0.2, 0.25) is 0 Å². The molecule has 34 heavy (non-hydrogen) atoms. The molecule has 0 aromatic heterocycles. The van der Waals surface area contributed by atoms with Crippen LogP contribution in [0.15, 0.2) is 48.5 Å². The van der Waals surface area contributed by atoms with Crippen molar-refractivity contribution in [2.24, 2.45) is 5.92 Å². The van der Waals surface area contributed by atoms with E-state index in [0.29, 0.717) is 12.8 Å². The van der Waals surface area contributed by atoms with Crippen LogP contribution in [0.1, 0.15) is 36.3 Å². The highest BCUT2D eigenvalue weighted by Crippen LogP contribution is 2.44. The molecule has 2 amide bonds. The first kappa shape index (κ1) is 22.4. The van der Waals surface area contributed by atoms with Crippen LogP contribution in [0.25, 0.3) is 11.1 Å². The largest absolute Gasteiger partial charge is 0.481 e. The van der Waals surface area contributed by atoms with E-state index in [1.165, 1.54) is 7.11 Å². The molecule has 2 aromatic rings. The van der Waals surface area contributed by atoms with Crippen LogP contribution in [-0.2, 0) is 19.1 Å². The standard InChI is InChI=1S/C26H28N2O6/c1-33-23(24(29)28-15-10-11-22(28)20(12-15)25(30)31)13-27-26(32)34-14-21-18-8-4-2-6-16(18)17-7-3-5-9-19(17)21/h2-9,15,20-23H,10-14H2,1H3,(H,27,32)(H,30,31)/t15-,20+,22+,23?/m1/s1. The number of aliphatic carboxylic acids is 1. The lowest BCUT2D eigenvalue weighted by atomic mass is 9.89. The Morgan fingerprint density at radius 1 is 1.06 bits per heavy atom. The van der Waals surface area contributed by atoms with Gasteiger partial charge in [-0.15, -0.1) is 0 Å². The third-order valence-electron chi connectivity index (χ3n) is 7.44. The molecule has 1 aliphatic carbocycles. The second kappa shape index (κ2) is 9.10. The lowest BCUT2D eigenvalue weighted by molar-refractivity contribution is -0.145. The Hall–Kier alpha value is -3.39. The summed E-state index contributed by atoms with van der Waals surface area (Å²) in [5.41, 5.74) is 4.55. The highest BCUT2D eigenvalue weighted by atomic mass is 16.5. The molecule has 2 N–H and O–H groups in total. The van der Waals surface area contributed by atoms with Crippen LogP contribution in [0.3, 0.4) is 0 Å². The number of methoxy groups -OCH3 is 1. The second-order valence-corrected chi connectivity index (χ2v) is 9.16. The predicted molar refractivity (Wildman–Crippen MR) is 123 cm³/mol. The maximum absolute atomic E-state index is 13.1. The van der Waals surface area contributed by atoms with Crippen molar-refractivity contribution in [2.75, 3.05) is 20.3 Å². The van der Waals surface area contributed by atoms with Gasteiger partial charge in [0.05, 0.1) is 12.5 Å². The SMILES string of the molecule is COC(CNC(=O)OCC1c2ccccc2-c2ccccc21)C(=O)N1[C@@H]2CC[C@H]1[C@@H](C(=O)O)C2. The van der Waals surface area contributed by atoms with Crippen molar-refractivity contribution in [3.8, 4) is 11.1 Å². The Morgan fingerprint density at radius 3 is 2.29 bits per heavy atom. The molecule has 8 nitrogen and oxygen atoms in total. The number of carboxylic acids is 1. The van der Waals surface area contributed by atoms with Crippen LogP contribution >= 0.6 is 0 Å². The molecule has 2 heterocycles. The van der Waals surface area contributed by atoms with E-state index < -0.39 is 24.1 Å². The van der Waals surface area contributed by atoms with E-state index >= 15 is 0 Å². The summed E-state index contributed by atoms with van der Waals surface area (Å²) in [5.74, 6) is -1.73. The summed E-state index contributed by atoms with van der Waals surface area (Å²) in [6.45, 7) is 0.141. The van der Waals surface area contributed by atoms with Crippen LogP contribution in [0, 0.1) is 5.92 Å². The molecule has 5 rings (SSSR count). The number of hydrogen-bond donors (Lipinski definition) is 2. The Balaban J connectivity index is 1.18. The quantitative estimate of drug-likeness (QED) is 0.653. The highest BCUT2D eigenvalue weighted by molar-refractivity contribution is 5.85. The van der Waals surface area contributed by atoms with Gasteiger partial charge in [-0.05, 0) is 41.5 Å². The van der Waals surface area contributed by atoms with Crippen molar-refractivity contribution in [1.82, 2.24) is 10.2 Å². The van der Waals surface area contributed by atoms with E-state index in [-0.39, 0.29) is 37.1 Å². The molecule has 2 saturated heterocycles. The molecule has 178 valence electrons. The molecule has 0 radical (unpaired) electrons. The van der Waals surface area contributed by atoms with Crippen LogP contribution in [0.5, 0.6) is 0 Å². The molecular weight excluding hydrogens is 436 g/mol. The lowest BCUT2D eigenvalue weighted by Gasteiger charge is -2.27. The number of amides is 2. The molecule has 2 bridgehead atoms. The van der Waals surface area contributed by atoms with Gasteiger partial charge in [0.1, 0.15) is 6.61 Å². The molecule has 3 aliphatic rings. The molecule has 0 spiro atoms. The number of carboxylic acid groups (broad SMARTS) is 1. The molecule has 2 fully saturated rings. The number of ether oxygens (including phenoxy) is 2. The van der Waals surface area contributed by atoms with Gasteiger partial charge in [-0.3, -0.25) is 9.59 Å². The van der Waals surface area contributed by atoms with Crippen molar-refractivity contribution in [3.05, 3.63) is 59.7 Å². The summed E-state index contributed by atoms with van der Waals surface area (Å²) in [7, 11) is 1.41. The van der Waals surface area contributed by atoms with E-state index in [1.807, 2.05) is 24.3 Å². The number of nitrogens with one attached hydrogen (secondary N) is 1. The fraction of sp³-hybridized carbons (Fsp3) is 0.423. The molecule has 2 aromatic carbocycles. The number of fused-ring (bicyclic) bond motifs is 5. The van der Waals surface area contributed by atoms with Gasteiger partial charge in [0, 0.05) is 25.1 Å². The highest BCUT2D eigenvalue weighted by Gasteiger charge is 2.52. The summed E-state index contributed by atoms with van der Waals surface area (Å²) in [6.07, 6.45) is 0.447. The monoisotopic (exact) mass is 464 g/mol. The third kappa shape index (κ3) is 3.81. The number of carbonyl (C=O) groups excluding carboxylic acids is 2. The number of benzene rings is 2. The minimum Gasteiger partial charge on any atom is -0.481 e. The van der Waals surface area contributed by atoms with Crippen molar-refractivity contribution in [2.45, 2.75) is 43.4 Å². The minimum atomic E-state index is -0.892.